The van der Waals surface area contributed by atoms with Gasteiger partial charge >= 0.3 is 0 Å². The van der Waals surface area contributed by atoms with Crippen molar-refractivity contribution >= 4 is 11.6 Å². The van der Waals surface area contributed by atoms with E-state index in [0.29, 0.717) is 5.92 Å². The van der Waals surface area contributed by atoms with Gasteiger partial charge in [-0.25, -0.2) is 0 Å². The number of hydrogen-bond donors (Lipinski definition) is 0. The van der Waals surface area contributed by atoms with Crippen molar-refractivity contribution in [3.05, 3.63) is 11.5 Å². The first-order valence-electron chi connectivity index (χ1n) is 7.35. The van der Waals surface area contributed by atoms with Crippen LogP contribution in [0.4, 0.5) is 0 Å². The SMILES string of the molecule is CCCCOC1=C(OCCCC)C[C@@H](CCl)CC1. The van der Waals surface area contributed by atoms with Crippen molar-refractivity contribution < 1.29 is 9.47 Å². The van der Waals surface area contributed by atoms with Gasteiger partial charge in [-0.1, -0.05) is 26.7 Å². The summed E-state index contributed by atoms with van der Waals surface area (Å²) >= 11 is 5.96. The predicted octanol–water partition coefficient (Wildman–Crippen LogP) is 4.87. The van der Waals surface area contributed by atoms with Crippen LogP contribution in [0, 0.1) is 5.92 Å². The van der Waals surface area contributed by atoms with Crippen LogP contribution in [0.5, 0.6) is 0 Å². The molecular weight excluding hydrogens is 248 g/mol. The van der Waals surface area contributed by atoms with Gasteiger partial charge in [0.25, 0.3) is 0 Å². The Labute approximate surface area is 117 Å². The lowest BCUT2D eigenvalue weighted by atomic mass is 9.93. The van der Waals surface area contributed by atoms with Crippen molar-refractivity contribution in [1.82, 2.24) is 0 Å². The van der Waals surface area contributed by atoms with Crippen molar-refractivity contribution in [2.24, 2.45) is 5.92 Å². The molecule has 0 N–H and O–H groups in total. The van der Waals surface area contributed by atoms with Crippen LogP contribution in [0.25, 0.3) is 0 Å². The monoisotopic (exact) mass is 274 g/mol. The second kappa shape index (κ2) is 9.55. The standard InChI is InChI=1S/C15H27ClO2/c1-3-5-9-17-14-8-7-13(12-16)11-15(14)18-10-6-4-2/h13H,3-12H2,1-2H3/t13-/m0/s1. The largest absolute Gasteiger partial charge is 0.494 e. The van der Waals surface area contributed by atoms with E-state index < -0.39 is 0 Å². The Morgan fingerprint density at radius 3 is 2.22 bits per heavy atom. The Kier molecular flexibility index (Phi) is 8.32. The molecule has 0 saturated carbocycles. The first kappa shape index (κ1) is 15.7. The van der Waals surface area contributed by atoms with Crippen LogP contribution in [-0.2, 0) is 9.47 Å². The van der Waals surface area contributed by atoms with Crippen LogP contribution >= 0.6 is 11.6 Å². The molecule has 0 aromatic rings. The van der Waals surface area contributed by atoms with Crippen LogP contribution < -0.4 is 0 Å². The minimum absolute atomic E-state index is 0.557. The minimum atomic E-state index is 0.557. The molecule has 2 nitrogen and oxygen atoms in total. The molecule has 0 saturated heterocycles. The number of alkyl halides is 1. The molecule has 0 radical (unpaired) electrons. The molecule has 0 unspecified atom stereocenters. The van der Waals surface area contributed by atoms with Gasteiger partial charge in [0.1, 0.15) is 11.5 Å². The Bertz CT molecular complexity index is 251. The number of ether oxygens (including phenoxy) is 2. The summed E-state index contributed by atoms with van der Waals surface area (Å²) in [7, 11) is 0. The predicted molar refractivity (Wildman–Crippen MR) is 76.8 cm³/mol. The molecule has 1 aliphatic carbocycles. The molecule has 0 aromatic heterocycles. The fourth-order valence-electron chi connectivity index (χ4n) is 2.06. The first-order valence-corrected chi connectivity index (χ1v) is 7.88. The molecule has 0 amide bonds. The molecule has 0 heterocycles. The number of unbranched alkanes of at least 4 members (excludes halogenated alkanes) is 2. The zero-order valence-electron chi connectivity index (χ0n) is 11.8. The van der Waals surface area contributed by atoms with Gasteiger partial charge in [-0.3, -0.25) is 0 Å². The third-order valence-corrected chi connectivity index (χ3v) is 3.77. The van der Waals surface area contributed by atoms with E-state index in [1.807, 2.05) is 0 Å². The third kappa shape index (κ3) is 5.51. The van der Waals surface area contributed by atoms with Crippen LogP contribution in [-0.4, -0.2) is 19.1 Å². The number of halogens is 1. The van der Waals surface area contributed by atoms with Crippen molar-refractivity contribution in [1.29, 1.82) is 0 Å². The smallest absolute Gasteiger partial charge is 0.134 e. The van der Waals surface area contributed by atoms with Gasteiger partial charge in [0.15, 0.2) is 0 Å². The first-order chi connectivity index (χ1) is 8.81. The third-order valence-electron chi connectivity index (χ3n) is 3.33. The normalized spacial score (nSPS) is 20.1. The van der Waals surface area contributed by atoms with E-state index in [-0.39, 0.29) is 0 Å². The Morgan fingerprint density at radius 2 is 1.67 bits per heavy atom. The van der Waals surface area contributed by atoms with Gasteiger partial charge in [0.2, 0.25) is 0 Å². The Morgan fingerprint density at radius 1 is 1.06 bits per heavy atom. The molecule has 0 fully saturated rings. The van der Waals surface area contributed by atoms with E-state index in [1.165, 1.54) is 6.42 Å². The number of allylic oxidation sites excluding steroid dienone is 2. The summed E-state index contributed by atoms with van der Waals surface area (Å²) in [6.07, 6.45) is 7.63. The molecule has 0 bridgehead atoms. The lowest BCUT2D eigenvalue weighted by Gasteiger charge is -2.26. The van der Waals surface area contributed by atoms with Crippen LogP contribution in [0.1, 0.15) is 58.8 Å². The van der Waals surface area contributed by atoms with Gasteiger partial charge in [-0.15, -0.1) is 11.6 Å². The molecule has 0 spiro atoms. The van der Waals surface area contributed by atoms with Gasteiger partial charge in [-0.2, -0.15) is 0 Å². The van der Waals surface area contributed by atoms with Crippen molar-refractivity contribution in [2.45, 2.75) is 58.8 Å². The highest BCUT2D eigenvalue weighted by molar-refractivity contribution is 6.18. The molecule has 0 aromatic carbocycles. The zero-order chi connectivity index (χ0) is 13.2. The Hall–Kier alpha value is -0.370. The Balaban J connectivity index is 2.50. The molecule has 1 aliphatic rings. The van der Waals surface area contributed by atoms with Gasteiger partial charge in [0, 0.05) is 18.7 Å². The summed E-state index contributed by atoms with van der Waals surface area (Å²) in [6, 6.07) is 0. The van der Waals surface area contributed by atoms with E-state index >= 15 is 0 Å². The van der Waals surface area contributed by atoms with Crippen molar-refractivity contribution in [2.75, 3.05) is 19.1 Å². The maximum absolute atomic E-state index is 5.96. The fraction of sp³-hybridized carbons (Fsp3) is 0.867. The van der Waals surface area contributed by atoms with Crippen LogP contribution in [0.15, 0.2) is 11.5 Å². The average molecular weight is 275 g/mol. The number of rotatable bonds is 9. The maximum atomic E-state index is 5.96. The molecule has 3 heteroatoms. The van der Waals surface area contributed by atoms with Gasteiger partial charge in [0.05, 0.1) is 13.2 Å². The van der Waals surface area contributed by atoms with Gasteiger partial charge in [-0.05, 0) is 25.2 Å². The topological polar surface area (TPSA) is 18.5 Å². The average Bonchev–Trinajstić information content (AvgIpc) is 2.40. The second-order valence-electron chi connectivity index (χ2n) is 5.01. The fourth-order valence-corrected chi connectivity index (χ4v) is 2.32. The minimum Gasteiger partial charge on any atom is -0.494 e. The van der Waals surface area contributed by atoms with E-state index in [9.17, 15) is 0 Å². The van der Waals surface area contributed by atoms with E-state index in [4.69, 9.17) is 21.1 Å². The van der Waals surface area contributed by atoms with E-state index in [1.54, 1.807) is 0 Å². The lowest BCUT2D eigenvalue weighted by molar-refractivity contribution is 0.117. The van der Waals surface area contributed by atoms with Crippen LogP contribution in [0.3, 0.4) is 0 Å². The summed E-state index contributed by atoms with van der Waals surface area (Å²) in [5, 5.41) is 0. The summed E-state index contributed by atoms with van der Waals surface area (Å²) in [5.74, 6) is 3.43. The summed E-state index contributed by atoms with van der Waals surface area (Å²) in [4.78, 5) is 0. The van der Waals surface area contributed by atoms with Gasteiger partial charge < -0.3 is 9.47 Å². The summed E-state index contributed by atoms with van der Waals surface area (Å²) < 4.78 is 11.8. The second-order valence-corrected chi connectivity index (χ2v) is 5.32. The molecule has 18 heavy (non-hydrogen) atoms. The highest BCUT2D eigenvalue weighted by Crippen LogP contribution is 2.31. The van der Waals surface area contributed by atoms with Crippen molar-refractivity contribution in [3.63, 3.8) is 0 Å². The highest BCUT2D eigenvalue weighted by atomic mass is 35.5. The van der Waals surface area contributed by atoms with E-state index in [0.717, 1.165) is 69.1 Å². The summed E-state index contributed by atoms with van der Waals surface area (Å²) in [6.45, 7) is 5.99. The molecule has 0 aliphatic heterocycles. The number of hydrogen-bond acceptors (Lipinski definition) is 2. The lowest BCUT2D eigenvalue weighted by Crippen LogP contribution is -2.16. The molecule has 1 atom stereocenters. The highest BCUT2D eigenvalue weighted by Gasteiger charge is 2.22. The molecular formula is C15H27ClO2. The van der Waals surface area contributed by atoms with Crippen LogP contribution in [0.2, 0.25) is 0 Å². The van der Waals surface area contributed by atoms with Crippen molar-refractivity contribution in [3.8, 4) is 0 Å². The van der Waals surface area contributed by atoms with E-state index in [2.05, 4.69) is 13.8 Å². The zero-order valence-corrected chi connectivity index (χ0v) is 12.6. The quantitative estimate of drug-likeness (QED) is 0.441. The summed E-state index contributed by atoms with van der Waals surface area (Å²) in [5.41, 5.74) is 0. The maximum Gasteiger partial charge on any atom is 0.134 e. The molecule has 106 valence electrons. The molecule has 1 rings (SSSR count).